The first kappa shape index (κ1) is 13.5. The Morgan fingerprint density at radius 3 is 2.86 bits per heavy atom. The molecule has 0 amide bonds. The lowest BCUT2D eigenvalue weighted by Crippen LogP contribution is -2.03. The molecule has 1 aliphatic rings. The molecule has 3 aromatic rings. The molecule has 2 aromatic carbocycles. The van der Waals surface area contributed by atoms with Crippen molar-refractivity contribution < 1.29 is 5.11 Å². The van der Waals surface area contributed by atoms with Gasteiger partial charge < -0.3 is 5.11 Å². The van der Waals surface area contributed by atoms with Gasteiger partial charge in [0, 0.05) is 0 Å². The van der Waals surface area contributed by atoms with Gasteiger partial charge in [-0.15, -0.1) is 5.10 Å². The van der Waals surface area contributed by atoms with Crippen molar-refractivity contribution in [2.75, 3.05) is 0 Å². The summed E-state index contributed by atoms with van der Waals surface area (Å²) in [5.74, 6) is 0.379. The fourth-order valence-electron chi connectivity index (χ4n) is 3.00. The minimum Gasteiger partial charge on any atom is -0.386 e. The molecule has 4 rings (SSSR count). The van der Waals surface area contributed by atoms with E-state index in [0.717, 1.165) is 12.8 Å². The highest BCUT2D eigenvalue weighted by molar-refractivity contribution is 5.86. The molecule has 1 atom stereocenters. The summed E-state index contributed by atoms with van der Waals surface area (Å²) in [6.07, 6.45) is 3.61. The van der Waals surface area contributed by atoms with Gasteiger partial charge in [0.05, 0.1) is 12.7 Å². The number of benzene rings is 2. The standard InChI is InChI=1S/C18H19N3O/c1-12-6-7-13-4-2-3-5-15(13)16(12)10-21-11-17(19-20-21)18(22)14-8-9-14/h2-7,11,14,18,22H,8-10H2,1H3/t18-/m0/s1. The summed E-state index contributed by atoms with van der Waals surface area (Å²) in [6.45, 7) is 2.80. The van der Waals surface area contributed by atoms with Gasteiger partial charge in [0.25, 0.3) is 0 Å². The largest absolute Gasteiger partial charge is 0.386 e. The average Bonchev–Trinajstić information content (AvgIpc) is 3.29. The van der Waals surface area contributed by atoms with Crippen LogP contribution in [0.15, 0.2) is 42.6 Å². The predicted octanol–water partition coefficient (Wildman–Crippen LogP) is 3.23. The second kappa shape index (κ2) is 5.21. The molecule has 1 heterocycles. The van der Waals surface area contributed by atoms with Crippen LogP contribution in [0.2, 0.25) is 0 Å². The lowest BCUT2D eigenvalue weighted by Gasteiger charge is -2.10. The molecule has 22 heavy (non-hydrogen) atoms. The number of fused-ring (bicyclic) bond motifs is 1. The van der Waals surface area contributed by atoms with Crippen LogP contribution in [-0.2, 0) is 6.54 Å². The maximum atomic E-state index is 10.2. The Bertz CT molecular complexity index is 820. The van der Waals surface area contributed by atoms with Crippen LogP contribution >= 0.6 is 0 Å². The van der Waals surface area contributed by atoms with E-state index in [-0.39, 0.29) is 0 Å². The van der Waals surface area contributed by atoms with Crippen molar-refractivity contribution in [2.45, 2.75) is 32.4 Å². The van der Waals surface area contributed by atoms with Crippen molar-refractivity contribution in [3.8, 4) is 0 Å². The molecule has 1 saturated carbocycles. The van der Waals surface area contributed by atoms with Crippen molar-refractivity contribution in [1.29, 1.82) is 0 Å². The maximum absolute atomic E-state index is 10.2. The van der Waals surface area contributed by atoms with Gasteiger partial charge in [0.2, 0.25) is 0 Å². The van der Waals surface area contributed by atoms with Crippen LogP contribution in [0.4, 0.5) is 0 Å². The van der Waals surface area contributed by atoms with Crippen LogP contribution in [0, 0.1) is 12.8 Å². The van der Waals surface area contributed by atoms with Gasteiger partial charge in [-0.2, -0.15) is 0 Å². The quantitative estimate of drug-likeness (QED) is 0.803. The molecule has 0 unspecified atom stereocenters. The lowest BCUT2D eigenvalue weighted by molar-refractivity contribution is 0.149. The highest BCUT2D eigenvalue weighted by atomic mass is 16.3. The number of nitrogens with zero attached hydrogens (tertiary/aromatic N) is 3. The van der Waals surface area contributed by atoms with Crippen LogP contribution in [0.1, 0.15) is 35.8 Å². The Morgan fingerprint density at radius 2 is 2.05 bits per heavy atom. The zero-order valence-electron chi connectivity index (χ0n) is 12.6. The molecule has 1 aromatic heterocycles. The van der Waals surface area contributed by atoms with E-state index >= 15 is 0 Å². The van der Waals surface area contributed by atoms with Gasteiger partial charge >= 0.3 is 0 Å². The van der Waals surface area contributed by atoms with Crippen molar-refractivity contribution >= 4 is 10.8 Å². The van der Waals surface area contributed by atoms with Gasteiger partial charge in [-0.1, -0.05) is 41.6 Å². The highest BCUT2D eigenvalue weighted by Crippen LogP contribution is 2.40. The zero-order chi connectivity index (χ0) is 15.1. The van der Waals surface area contributed by atoms with E-state index in [2.05, 4.69) is 53.6 Å². The molecule has 1 fully saturated rings. The Hall–Kier alpha value is -2.20. The highest BCUT2D eigenvalue weighted by Gasteiger charge is 2.32. The van der Waals surface area contributed by atoms with Crippen LogP contribution in [0.3, 0.4) is 0 Å². The number of aryl methyl sites for hydroxylation is 1. The molecule has 0 radical (unpaired) electrons. The van der Waals surface area contributed by atoms with E-state index < -0.39 is 6.10 Å². The first-order chi connectivity index (χ1) is 10.7. The summed E-state index contributed by atoms with van der Waals surface area (Å²) in [4.78, 5) is 0. The van der Waals surface area contributed by atoms with Crippen LogP contribution in [0.25, 0.3) is 10.8 Å². The molecular weight excluding hydrogens is 274 g/mol. The van der Waals surface area contributed by atoms with Gasteiger partial charge in [-0.3, -0.25) is 0 Å². The van der Waals surface area contributed by atoms with Crippen LogP contribution < -0.4 is 0 Å². The second-order valence-electron chi connectivity index (χ2n) is 6.21. The summed E-state index contributed by atoms with van der Waals surface area (Å²) in [7, 11) is 0. The van der Waals surface area contributed by atoms with Crippen molar-refractivity contribution in [3.63, 3.8) is 0 Å². The average molecular weight is 293 g/mol. The summed E-state index contributed by atoms with van der Waals surface area (Å²) < 4.78 is 1.83. The van der Waals surface area contributed by atoms with E-state index in [9.17, 15) is 5.11 Å². The van der Waals surface area contributed by atoms with Crippen molar-refractivity contribution in [2.24, 2.45) is 5.92 Å². The molecule has 112 valence electrons. The Labute approximate surface area is 129 Å². The maximum Gasteiger partial charge on any atom is 0.111 e. The monoisotopic (exact) mass is 293 g/mol. The minimum absolute atomic E-state index is 0.379. The number of aliphatic hydroxyl groups is 1. The third-order valence-corrected chi connectivity index (χ3v) is 4.52. The predicted molar refractivity (Wildman–Crippen MR) is 85.5 cm³/mol. The van der Waals surface area contributed by atoms with Gasteiger partial charge in [0.15, 0.2) is 0 Å². The van der Waals surface area contributed by atoms with E-state index in [1.165, 1.54) is 21.9 Å². The first-order valence-electron chi connectivity index (χ1n) is 7.77. The molecule has 0 aliphatic heterocycles. The summed E-state index contributed by atoms with van der Waals surface area (Å²) >= 11 is 0. The number of aromatic nitrogens is 3. The summed E-state index contributed by atoms with van der Waals surface area (Å²) in [6, 6.07) is 12.7. The molecule has 1 aliphatic carbocycles. The van der Waals surface area contributed by atoms with Crippen LogP contribution in [0.5, 0.6) is 0 Å². The van der Waals surface area contributed by atoms with E-state index in [1.807, 2.05) is 10.9 Å². The fraction of sp³-hybridized carbons (Fsp3) is 0.333. The second-order valence-corrected chi connectivity index (χ2v) is 6.21. The lowest BCUT2D eigenvalue weighted by atomic mass is 10.00. The first-order valence-corrected chi connectivity index (χ1v) is 7.77. The number of hydrogen-bond acceptors (Lipinski definition) is 3. The Balaban J connectivity index is 1.67. The molecular formula is C18H19N3O. The van der Waals surface area contributed by atoms with E-state index in [4.69, 9.17) is 0 Å². The van der Waals surface area contributed by atoms with Gasteiger partial charge in [0.1, 0.15) is 11.8 Å². The number of aliphatic hydroxyl groups excluding tert-OH is 1. The van der Waals surface area contributed by atoms with Crippen molar-refractivity contribution in [3.05, 3.63) is 59.4 Å². The normalized spacial score (nSPS) is 16.1. The Morgan fingerprint density at radius 1 is 1.23 bits per heavy atom. The zero-order valence-corrected chi connectivity index (χ0v) is 12.6. The Kier molecular flexibility index (Phi) is 3.19. The molecule has 4 heteroatoms. The third kappa shape index (κ3) is 2.40. The minimum atomic E-state index is -0.456. The number of rotatable bonds is 4. The third-order valence-electron chi connectivity index (χ3n) is 4.52. The molecule has 4 nitrogen and oxygen atoms in total. The molecule has 0 bridgehead atoms. The van der Waals surface area contributed by atoms with Crippen molar-refractivity contribution in [1.82, 2.24) is 15.0 Å². The fourth-order valence-corrected chi connectivity index (χ4v) is 3.00. The topological polar surface area (TPSA) is 50.9 Å². The van der Waals surface area contributed by atoms with E-state index in [0.29, 0.717) is 18.2 Å². The SMILES string of the molecule is Cc1ccc2ccccc2c1Cn1cc([C@@H](O)C2CC2)nn1. The summed E-state index contributed by atoms with van der Waals surface area (Å²) in [5.41, 5.74) is 3.20. The van der Waals surface area contributed by atoms with E-state index in [1.54, 1.807) is 0 Å². The van der Waals surface area contributed by atoms with Gasteiger partial charge in [-0.05, 0) is 47.6 Å². The smallest absolute Gasteiger partial charge is 0.111 e. The molecule has 0 spiro atoms. The van der Waals surface area contributed by atoms with Crippen LogP contribution in [-0.4, -0.2) is 20.1 Å². The van der Waals surface area contributed by atoms with Gasteiger partial charge in [-0.25, -0.2) is 4.68 Å². The number of hydrogen-bond donors (Lipinski definition) is 1. The molecule has 1 N–H and O–H groups in total. The molecule has 0 saturated heterocycles. The summed E-state index contributed by atoms with van der Waals surface area (Å²) in [5, 5.41) is 21.0.